The monoisotopic (exact) mass is 275 g/mol. The highest BCUT2D eigenvalue weighted by Crippen LogP contribution is 2.37. The van der Waals surface area contributed by atoms with Crippen LogP contribution in [-0.4, -0.2) is 17.1 Å². The molecule has 2 rings (SSSR count). The summed E-state index contributed by atoms with van der Waals surface area (Å²) in [6.07, 6.45) is -3.27. The van der Waals surface area contributed by atoms with E-state index in [-0.39, 0.29) is 10.7 Å². The smallest absolute Gasteiger partial charge is 0.421 e. The number of halogens is 3. The number of hydrogen-bond acceptors (Lipinski definition) is 5. The second-order valence-electron chi connectivity index (χ2n) is 3.35. The number of nitrogens with zero attached hydrogens (tertiary/aromatic N) is 2. The van der Waals surface area contributed by atoms with E-state index < -0.39 is 17.6 Å². The molecule has 8 heteroatoms. The van der Waals surface area contributed by atoms with Crippen molar-refractivity contribution in [2.45, 2.75) is 6.18 Å². The summed E-state index contributed by atoms with van der Waals surface area (Å²) in [6, 6.07) is 0.945. The Morgan fingerprint density at radius 2 is 2.11 bits per heavy atom. The van der Waals surface area contributed by atoms with Gasteiger partial charge in [-0.1, -0.05) is 0 Å². The number of hydrogen-bond donors (Lipinski definition) is 1. The van der Waals surface area contributed by atoms with E-state index in [9.17, 15) is 13.2 Å². The number of nitrogens with two attached hydrogens (primary N) is 1. The Labute approximate surface area is 104 Å². The third-order valence-electron chi connectivity index (χ3n) is 2.17. The van der Waals surface area contributed by atoms with E-state index in [1.54, 1.807) is 5.38 Å². The van der Waals surface area contributed by atoms with Crippen molar-refractivity contribution < 1.29 is 17.9 Å². The number of thiazole rings is 1. The molecule has 2 N–H and O–H groups in total. The molecule has 0 bridgehead atoms. The first-order valence-electron chi connectivity index (χ1n) is 4.74. The number of pyridine rings is 1. The third kappa shape index (κ3) is 2.37. The molecular weight excluding hydrogens is 267 g/mol. The Morgan fingerprint density at radius 3 is 2.61 bits per heavy atom. The standard InChI is InChI=1S/C10H8F3N3OS/c1-17-8-6(10(11,12)13)2-5(3-15-8)7-4-18-9(14)16-7/h2-4H,1H3,(H2,14,16). The Morgan fingerprint density at radius 1 is 1.39 bits per heavy atom. The Balaban J connectivity index is 2.52. The SMILES string of the molecule is COc1ncc(-c2csc(N)n2)cc1C(F)(F)F. The molecule has 2 heterocycles. The minimum Gasteiger partial charge on any atom is -0.481 e. The van der Waals surface area contributed by atoms with E-state index in [1.165, 1.54) is 6.20 Å². The van der Waals surface area contributed by atoms with Crippen molar-refractivity contribution in [1.82, 2.24) is 9.97 Å². The maximum atomic E-state index is 12.8. The first-order valence-corrected chi connectivity index (χ1v) is 5.62. The summed E-state index contributed by atoms with van der Waals surface area (Å²) in [5.41, 5.74) is 5.11. The highest BCUT2D eigenvalue weighted by atomic mass is 32.1. The molecule has 0 aliphatic rings. The van der Waals surface area contributed by atoms with Crippen molar-refractivity contribution in [3.8, 4) is 17.1 Å². The summed E-state index contributed by atoms with van der Waals surface area (Å²) in [4.78, 5) is 7.54. The van der Waals surface area contributed by atoms with E-state index in [0.717, 1.165) is 24.5 Å². The molecule has 0 unspecified atom stereocenters. The topological polar surface area (TPSA) is 61.0 Å². The van der Waals surface area contributed by atoms with E-state index in [4.69, 9.17) is 5.73 Å². The van der Waals surface area contributed by atoms with Crippen molar-refractivity contribution in [2.75, 3.05) is 12.8 Å². The van der Waals surface area contributed by atoms with Crippen molar-refractivity contribution >= 4 is 16.5 Å². The molecule has 0 spiro atoms. The average Bonchev–Trinajstić information content (AvgIpc) is 2.74. The third-order valence-corrected chi connectivity index (χ3v) is 2.84. The zero-order valence-electron chi connectivity index (χ0n) is 9.15. The first-order chi connectivity index (χ1) is 8.41. The lowest BCUT2D eigenvalue weighted by molar-refractivity contribution is -0.139. The summed E-state index contributed by atoms with van der Waals surface area (Å²) < 4.78 is 42.9. The van der Waals surface area contributed by atoms with Crippen molar-refractivity contribution in [3.05, 3.63) is 23.2 Å². The van der Waals surface area contributed by atoms with Crippen LogP contribution in [0, 0.1) is 0 Å². The number of anilines is 1. The minimum absolute atomic E-state index is 0.246. The number of rotatable bonds is 2. The molecule has 0 aromatic carbocycles. The van der Waals surface area contributed by atoms with Gasteiger partial charge in [0, 0.05) is 17.1 Å². The van der Waals surface area contributed by atoms with Crippen LogP contribution in [0.2, 0.25) is 0 Å². The van der Waals surface area contributed by atoms with Gasteiger partial charge in [-0.3, -0.25) is 0 Å². The van der Waals surface area contributed by atoms with Crippen molar-refractivity contribution in [3.63, 3.8) is 0 Å². The maximum absolute atomic E-state index is 12.8. The Kier molecular flexibility index (Phi) is 3.12. The van der Waals surface area contributed by atoms with Crippen LogP contribution in [0.25, 0.3) is 11.3 Å². The highest BCUT2D eigenvalue weighted by molar-refractivity contribution is 7.13. The lowest BCUT2D eigenvalue weighted by Gasteiger charge is -2.11. The molecule has 2 aromatic rings. The number of nitrogen functional groups attached to an aromatic ring is 1. The average molecular weight is 275 g/mol. The minimum atomic E-state index is -4.53. The van der Waals surface area contributed by atoms with Crippen molar-refractivity contribution in [2.24, 2.45) is 0 Å². The van der Waals surface area contributed by atoms with Gasteiger partial charge in [0.25, 0.3) is 0 Å². The lowest BCUT2D eigenvalue weighted by atomic mass is 10.1. The summed E-state index contributed by atoms with van der Waals surface area (Å²) in [6.45, 7) is 0. The zero-order chi connectivity index (χ0) is 13.3. The van der Waals surface area contributed by atoms with Crippen LogP contribution in [0.5, 0.6) is 5.88 Å². The van der Waals surface area contributed by atoms with Gasteiger partial charge in [0.15, 0.2) is 5.13 Å². The van der Waals surface area contributed by atoms with E-state index in [1.807, 2.05) is 0 Å². The molecule has 0 atom stereocenters. The molecule has 0 saturated carbocycles. The van der Waals surface area contributed by atoms with Gasteiger partial charge in [0.05, 0.1) is 12.8 Å². The van der Waals surface area contributed by atoms with Crippen LogP contribution in [0.3, 0.4) is 0 Å². The summed E-state index contributed by atoms with van der Waals surface area (Å²) in [5, 5.41) is 1.85. The second-order valence-corrected chi connectivity index (χ2v) is 4.24. The fourth-order valence-corrected chi connectivity index (χ4v) is 1.95. The maximum Gasteiger partial charge on any atom is 0.421 e. The number of alkyl halides is 3. The van der Waals surface area contributed by atoms with E-state index in [0.29, 0.717) is 5.69 Å². The number of aromatic nitrogens is 2. The Bertz CT molecular complexity index is 568. The van der Waals surface area contributed by atoms with Crippen LogP contribution in [0.1, 0.15) is 5.56 Å². The van der Waals surface area contributed by atoms with Gasteiger partial charge in [0.2, 0.25) is 5.88 Å². The predicted octanol–water partition coefficient (Wildman–Crippen LogP) is 2.81. The molecule has 96 valence electrons. The fraction of sp³-hybridized carbons (Fsp3) is 0.200. The summed E-state index contributed by atoms with van der Waals surface area (Å²) >= 11 is 1.15. The second kappa shape index (κ2) is 4.45. The quantitative estimate of drug-likeness (QED) is 0.915. The van der Waals surface area contributed by atoms with Gasteiger partial charge < -0.3 is 10.5 Å². The van der Waals surface area contributed by atoms with Gasteiger partial charge in [-0.25, -0.2) is 9.97 Å². The normalized spacial score (nSPS) is 11.6. The molecule has 0 aliphatic heterocycles. The molecule has 0 saturated heterocycles. The Hall–Kier alpha value is -1.83. The zero-order valence-corrected chi connectivity index (χ0v) is 9.97. The predicted molar refractivity (Wildman–Crippen MR) is 61.3 cm³/mol. The summed E-state index contributed by atoms with van der Waals surface area (Å²) in [5.74, 6) is -0.463. The van der Waals surface area contributed by atoms with E-state index in [2.05, 4.69) is 14.7 Å². The molecule has 4 nitrogen and oxygen atoms in total. The van der Waals surface area contributed by atoms with Gasteiger partial charge in [-0.2, -0.15) is 13.2 Å². The highest BCUT2D eigenvalue weighted by Gasteiger charge is 2.35. The molecule has 0 radical (unpaired) electrons. The van der Waals surface area contributed by atoms with Crippen LogP contribution in [0.15, 0.2) is 17.6 Å². The molecule has 0 amide bonds. The number of methoxy groups -OCH3 is 1. The molecular formula is C10H8F3N3OS. The fourth-order valence-electron chi connectivity index (χ4n) is 1.38. The number of ether oxygens (including phenoxy) is 1. The molecule has 0 fully saturated rings. The van der Waals surface area contributed by atoms with E-state index >= 15 is 0 Å². The summed E-state index contributed by atoms with van der Waals surface area (Å²) in [7, 11) is 1.14. The van der Waals surface area contributed by atoms with Gasteiger partial charge in [-0.15, -0.1) is 11.3 Å². The largest absolute Gasteiger partial charge is 0.481 e. The lowest BCUT2D eigenvalue weighted by Crippen LogP contribution is -2.09. The van der Waals surface area contributed by atoms with Crippen molar-refractivity contribution in [1.29, 1.82) is 0 Å². The van der Waals surface area contributed by atoms with Gasteiger partial charge in [-0.05, 0) is 6.07 Å². The molecule has 2 aromatic heterocycles. The van der Waals surface area contributed by atoms with Gasteiger partial charge in [0.1, 0.15) is 5.56 Å². The van der Waals surface area contributed by atoms with Crippen LogP contribution < -0.4 is 10.5 Å². The van der Waals surface area contributed by atoms with Crippen LogP contribution in [0.4, 0.5) is 18.3 Å². The first kappa shape index (κ1) is 12.6. The van der Waals surface area contributed by atoms with Gasteiger partial charge >= 0.3 is 6.18 Å². The van der Waals surface area contributed by atoms with Crippen LogP contribution >= 0.6 is 11.3 Å². The van der Waals surface area contributed by atoms with Crippen LogP contribution in [-0.2, 0) is 6.18 Å². The molecule has 0 aliphatic carbocycles. The molecule has 18 heavy (non-hydrogen) atoms.